The molecule has 1 aromatic carbocycles. The first-order chi connectivity index (χ1) is 13.3. The largest absolute Gasteiger partial charge is 0.480 e. The van der Waals surface area contributed by atoms with Gasteiger partial charge < -0.3 is 24.8 Å². The van der Waals surface area contributed by atoms with Crippen molar-refractivity contribution in [1.29, 1.82) is 0 Å². The van der Waals surface area contributed by atoms with Crippen LogP contribution in [0.15, 0.2) is 22.7 Å². The summed E-state index contributed by atoms with van der Waals surface area (Å²) in [5.74, 6) is -0.464. The third-order valence-electron chi connectivity index (χ3n) is 4.80. The number of aliphatic carboxylic acids is 1. The lowest BCUT2D eigenvalue weighted by Gasteiger charge is -2.31. The van der Waals surface area contributed by atoms with Gasteiger partial charge in [0.2, 0.25) is 18.6 Å². The van der Waals surface area contributed by atoms with E-state index in [9.17, 15) is 14.4 Å². The number of carboxylic acid groups (broad SMARTS) is 1. The second kappa shape index (κ2) is 8.64. The molecule has 3 rings (SSSR count). The van der Waals surface area contributed by atoms with Gasteiger partial charge in [-0.15, -0.1) is 0 Å². The summed E-state index contributed by atoms with van der Waals surface area (Å²) >= 11 is 3.45. The van der Waals surface area contributed by atoms with Crippen LogP contribution in [0, 0.1) is 5.92 Å². The molecule has 2 heterocycles. The van der Waals surface area contributed by atoms with Gasteiger partial charge in [-0.25, -0.2) is 0 Å². The molecule has 2 aliphatic heterocycles. The molecular weight excluding hydrogens is 432 g/mol. The fraction of sp³-hybridized carbons (Fsp3) is 0.421. The predicted molar refractivity (Wildman–Crippen MR) is 104 cm³/mol. The van der Waals surface area contributed by atoms with E-state index in [1.54, 1.807) is 23.1 Å². The molecule has 28 heavy (non-hydrogen) atoms. The number of carbonyl (C=O) groups is 3. The highest BCUT2D eigenvalue weighted by Gasteiger charge is 2.28. The number of ether oxygens (including phenoxy) is 2. The summed E-state index contributed by atoms with van der Waals surface area (Å²) in [6.45, 7) is 2.51. The van der Waals surface area contributed by atoms with Crippen molar-refractivity contribution in [1.82, 2.24) is 10.2 Å². The standard InChI is InChI=1S/C19H21BrN2O6/c1-11(19(25)26)21-18(24)12-4-6-22(7-5-12)17(23)3-2-13-8-15-16(9-14(13)20)28-10-27-15/h2-3,8-9,11-12H,4-7,10H2,1H3,(H,21,24)(H,25,26)/b3-2+. The van der Waals surface area contributed by atoms with E-state index >= 15 is 0 Å². The number of amides is 2. The summed E-state index contributed by atoms with van der Waals surface area (Å²) in [5.41, 5.74) is 0.800. The van der Waals surface area contributed by atoms with Crippen LogP contribution in [0.5, 0.6) is 11.5 Å². The first kappa shape index (κ1) is 20.2. The monoisotopic (exact) mass is 452 g/mol. The van der Waals surface area contributed by atoms with Crippen LogP contribution in [-0.2, 0) is 14.4 Å². The zero-order chi connectivity index (χ0) is 20.3. The average molecular weight is 453 g/mol. The number of fused-ring (bicyclic) bond motifs is 1. The Balaban J connectivity index is 1.54. The van der Waals surface area contributed by atoms with Gasteiger partial charge >= 0.3 is 5.97 Å². The molecule has 1 unspecified atom stereocenters. The first-order valence-electron chi connectivity index (χ1n) is 8.94. The molecule has 0 aromatic heterocycles. The van der Waals surface area contributed by atoms with Crippen molar-refractivity contribution in [3.8, 4) is 11.5 Å². The Kier molecular flexibility index (Phi) is 6.23. The lowest BCUT2D eigenvalue weighted by molar-refractivity contribution is -0.142. The van der Waals surface area contributed by atoms with E-state index in [0.29, 0.717) is 37.4 Å². The number of nitrogens with one attached hydrogen (secondary N) is 1. The summed E-state index contributed by atoms with van der Waals surface area (Å²) in [4.78, 5) is 37.1. The lowest BCUT2D eigenvalue weighted by Crippen LogP contribution is -2.46. The minimum atomic E-state index is -1.07. The van der Waals surface area contributed by atoms with Crippen molar-refractivity contribution in [3.05, 3.63) is 28.2 Å². The normalized spacial score (nSPS) is 17.6. The summed E-state index contributed by atoms with van der Waals surface area (Å²) in [7, 11) is 0. The number of hydrogen-bond acceptors (Lipinski definition) is 5. The smallest absolute Gasteiger partial charge is 0.325 e. The molecule has 0 aliphatic carbocycles. The van der Waals surface area contributed by atoms with Gasteiger partial charge in [-0.2, -0.15) is 0 Å². The average Bonchev–Trinajstić information content (AvgIpc) is 3.12. The Morgan fingerprint density at radius 2 is 1.89 bits per heavy atom. The lowest BCUT2D eigenvalue weighted by atomic mass is 9.95. The maximum atomic E-state index is 12.4. The van der Waals surface area contributed by atoms with Crippen molar-refractivity contribution in [3.63, 3.8) is 0 Å². The second-order valence-corrected chi connectivity index (χ2v) is 7.58. The van der Waals surface area contributed by atoms with Crippen LogP contribution in [0.25, 0.3) is 6.08 Å². The van der Waals surface area contributed by atoms with Crippen LogP contribution < -0.4 is 14.8 Å². The van der Waals surface area contributed by atoms with E-state index in [-0.39, 0.29) is 24.5 Å². The highest BCUT2D eigenvalue weighted by atomic mass is 79.9. The fourth-order valence-electron chi connectivity index (χ4n) is 3.08. The molecular formula is C19H21BrN2O6. The Hall–Kier alpha value is -2.55. The van der Waals surface area contributed by atoms with Crippen LogP contribution in [0.1, 0.15) is 25.3 Å². The van der Waals surface area contributed by atoms with Gasteiger partial charge in [0.25, 0.3) is 0 Å². The Bertz CT molecular complexity index is 817. The van der Waals surface area contributed by atoms with E-state index in [1.807, 2.05) is 0 Å². The van der Waals surface area contributed by atoms with Crippen molar-refractivity contribution in [2.45, 2.75) is 25.8 Å². The van der Waals surface area contributed by atoms with E-state index < -0.39 is 12.0 Å². The van der Waals surface area contributed by atoms with Crippen LogP contribution >= 0.6 is 15.9 Å². The number of hydrogen-bond donors (Lipinski definition) is 2. The molecule has 0 saturated carbocycles. The number of carbonyl (C=O) groups excluding carboxylic acids is 2. The SMILES string of the molecule is CC(NC(=O)C1CCN(C(=O)/C=C/c2cc3c(cc2Br)OCO3)CC1)C(=O)O. The van der Waals surface area contributed by atoms with Crippen molar-refractivity contribution >= 4 is 39.8 Å². The van der Waals surface area contributed by atoms with Crippen molar-refractivity contribution in [2.75, 3.05) is 19.9 Å². The molecule has 0 spiro atoms. The van der Waals surface area contributed by atoms with Gasteiger partial charge in [-0.1, -0.05) is 15.9 Å². The van der Waals surface area contributed by atoms with Gasteiger partial charge in [-0.3, -0.25) is 14.4 Å². The molecule has 1 atom stereocenters. The minimum Gasteiger partial charge on any atom is -0.480 e. The van der Waals surface area contributed by atoms with E-state index in [2.05, 4.69) is 21.2 Å². The Morgan fingerprint density at radius 3 is 2.54 bits per heavy atom. The highest BCUT2D eigenvalue weighted by Crippen LogP contribution is 2.37. The third-order valence-corrected chi connectivity index (χ3v) is 5.49. The number of benzene rings is 1. The number of likely N-dealkylation sites (tertiary alicyclic amines) is 1. The van der Waals surface area contributed by atoms with E-state index in [0.717, 1.165) is 10.0 Å². The maximum absolute atomic E-state index is 12.4. The van der Waals surface area contributed by atoms with E-state index in [1.165, 1.54) is 13.0 Å². The molecule has 9 heteroatoms. The molecule has 2 amide bonds. The molecule has 8 nitrogen and oxygen atoms in total. The second-order valence-electron chi connectivity index (χ2n) is 6.73. The molecule has 0 radical (unpaired) electrons. The molecule has 1 fully saturated rings. The molecule has 150 valence electrons. The van der Waals surface area contributed by atoms with Gasteiger partial charge in [0.1, 0.15) is 6.04 Å². The zero-order valence-corrected chi connectivity index (χ0v) is 16.9. The number of halogens is 1. The number of piperidine rings is 1. The summed E-state index contributed by atoms with van der Waals surface area (Å²) in [5, 5.41) is 11.4. The zero-order valence-electron chi connectivity index (χ0n) is 15.3. The van der Waals surface area contributed by atoms with Crippen LogP contribution in [0.3, 0.4) is 0 Å². The number of nitrogens with zero attached hydrogens (tertiary/aromatic N) is 1. The van der Waals surface area contributed by atoms with Crippen LogP contribution in [0.2, 0.25) is 0 Å². The van der Waals surface area contributed by atoms with Crippen molar-refractivity contribution < 1.29 is 29.0 Å². The summed E-state index contributed by atoms with van der Waals surface area (Å²) < 4.78 is 11.4. The molecule has 2 N–H and O–H groups in total. The summed E-state index contributed by atoms with van der Waals surface area (Å²) in [6.07, 6.45) is 4.22. The molecule has 2 aliphatic rings. The fourth-order valence-corrected chi connectivity index (χ4v) is 3.54. The highest BCUT2D eigenvalue weighted by molar-refractivity contribution is 9.10. The quantitative estimate of drug-likeness (QED) is 0.662. The van der Waals surface area contributed by atoms with Crippen LogP contribution in [-0.4, -0.2) is 53.7 Å². The van der Waals surface area contributed by atoms with Crippen molar-refractivity contribution in [2.24, 2.45) is 5.92 Å². The summed E-state index contributed by atoms with van der Waals surface area (Å²) in [6, 6.07) is 2.68. The molecule has 0 bridgehead atoms. The number of carboxylic acids is 1. The predicted octanol–water partition coefficient (Wildman–Crippen LogP) is 2.02. The van der Waals surface area contributed by atoms with Gasteiger partial charge in [0.15, 0.2) is 11.5 Å². The van der Waals surface area contributed by atoms with E-state index in [4.69, 9.17) is 14.6 Å². The first-order valence-corrected chi connectivity index (χ1v) is 9.73. The Morgan fingerprint density at radius 1 is 1.25 bits per heavy atom. The maximum Gasteiger partial charge on any atom is 0.325 e. The molecule has 1 saturated heterocycles. The van der Waals surface area contributed by atoms with Crippen LogP contribution in [0.4, 0.5) is 0 Å². The third kappa shape index (κ3) is 4.64. The number of rotatable bonds is 5. The Labute approximate surface area is 170 Å². The topological polar surface area (TPSA) is 105 Å². The van der Waals surface area contributed by atoms with Gasteiger partial charge in [0.05, 0.1) is 0 Å². The van der Waals surface area contributed by atoms with Gasteiger partial charge in [0, 0.05) is 29.6 Å². The molecule has 1 aromatic rings. The van der Waals surface area contributed by atoms with Gasteiger partial charge in [-0.05, 0) is 43.5 Å². The minimum absolute atomic E-state index is 0.137.